The number of carbonyl (C=O) groups excluding carboxylic acids is 1. The van der Waals surface area contributed by atoms with Crippen molar-refractivity contribution in [2.75, 3.05) is 0 Å². The number of nitrogens with zero attached hydrogens (tertiary/aromatic N) is 1. The van der Waals surface area contributed by atoms with Crippen LogP contribution in [0.25, 0.3) is 0 Å². The quantitative estimate of drug-likeness (QED) is 0.707. The molecule has 0 aromatic carbocycles. The Bertz CT molecular complexity index is 310. The van der Waals surface area contributed by atoms with E-state index in [1.807, 2.05) is 13.8 Å². The van der Waals surface area contributed by atoms with E-state index in [0.29, 0.717) is 5.56 Å². The summed E-state index contributed by atoms with van der Waals surface area (Å²) in [6.07, 6.45) is 0. The predicted molar refractivity (Wildman–Crippen MR) is 51.6 cm³/mol. The van der Waals surface area contributed by atoms with Crippen LogP contribution in [0.4, 0.5) is 0 Å². The molecule has 2 N–H and O–H groups in total. The van der Waals surface area contributed by atoms with Gasteiger partial charge in [0.05, 0.1) is 0 Å². The average Bonchev–Trinajstić information content (AvgIpc) is 2.50. The summed E-state index contributed by atoms with van der Waals surface area (Å²) in [6.45, 7) is 6.89. The number of aromatic amines is 1. The molecule has 0 saturated heterocycles. The molecule has 14 heavy (non-hydrogen) atoms. The summed E-state index contributed by atoms with van der Waals surface area (Å²) < 4.78 is 0. The Labute approximate surface area is 82.1 Å². The summed E-state index contributed by atoms with van der Waals surface area (Å²) in [5, 5.41) is 14.4. The van der Waals surface area contributed by atoms with Gasteiger partial charge >= 0.3 is 5.97 Å². The lowest BCUT2D eigenvalue weighted by atomic mass is 10.1. The lowest BCUT2D eigenvalue weighted by molar-refractivity contribution is 0.0689. The summed E-state index contributed by atoms with van der Waals surface area (Å²) >= 11 is 0. The SMILES string of the molecule is CC.CC(=O)c1n[nH]c(C(=O)O)c1C. The van der Waals surface area contributed by atoms with Crippen LogP contribution in [0.2, 0.25) is 0 Å². The molecule has 0 unspecified atom stereocenters. The number of hydrogen-bond donors (Lipinski definition) is 2. The van der Waals surface area contributed by atoms with E-state index in [0.717, 1.165) is 0 Å². The first-order valence-electron chi connectivity index (χ1n) is 4.33. The van der Waals surface area contributed by atoms with E-state index < -0.39 is 5.97 Å². The molecule has 1 aromatic heterocycles. The molecule has 1 heterocycles. The molecule has 0 fully saturated rings. The van der Waals surface area contributed by atoms with Gasteiger partial charge in [-0.1, -0.05) is 13.8 Å². The molecule has 0 aliphatic heterocycles. The number of rotatable bonds is 2. The number of nitrogens with one attached hydrogen (secondary N) is 1. The van der Waals surface area contributed by atoms with Crippen molar-refractivity contribution in [1.29, 1.82) is 0 Å². The summed E-state index contributed by atoms with van der Waals surface area (Å²) in [4.78, 5) is 21.3. The van der Waals surface area contributed by atoms with Crippen molar-refractivity contribution in [2.45, 2.75) is 27.7 Å². The molecular weight excluding hydrogens is 184 g/mol. The minimum atomic E-state index is -1.10. The Kier molecular flexibility index (Phi) is 4.55. The Hall–Kier alpha value is -1.65. The van der Waals surface area contributed by atoms with Gasteiger partial charge in [-0.2, -0.15) is 5.10 Å². The molecule has 0 aliphatic rings. The van der Waals surface area contributed by atoms with Crippen molar-refractivity contribution >= 4 is 11.8 Å². The molecule has 0 bridgehead atoms. The number of H-pyrrole nitrogens is 1. The van der Waals surface area contributed by atoms with Gasteiger partial charge in [0.2, 0.25) is 0 Å². The predicted octanol–water partition coefficient (Wildman–Crippen LogP) is 1.65. The highest BCUT2D eigenvalue weighted by Crippen LogP contribution is 2.09. The topological polar surface area (TPSA) is 83.0 Å². The minimum Gasteiger partial charge on any atom is -0.477 e. The first-order valence-corrected chi connectivity index (χ1v) is 4.33. The standard InChI is InChI=1S/C7H8N2O3.C2H6/c1-3-5(4(2)10)8-9-6(3)7(11)12;1-2/h1-2H3,(H,8,9)(H,11,12);1-2H3. The second-order valence-corrected chi connectivity index (χ2v) is 2.43. The van der Waals surface area contributed by atoms with Gasteiger partial charge in [-0.25, -0.2) is 4.79 Å². The third kappa shape index (κ3) is 2.42. The molecule has 0 radical (unpaired) electrons. The maximum absolute atomic E-state index is 10.8. The van der Waals surface area contributed by atoms with Crippen molar-refractivity contribution in [1.82, 2.24) is 10.2 Å². The van der Waals surface area contributed by atoms with Crippen LogP contribution in [0.1, 0.15) is 47.3 Å². The Balaban J connectivity index is 0.000000791. The van der Waals surface area contributed by atoms with E-state index >= 15 is 0 Å². The lowest BCUT2D eigenvalue weighted by Gasteiger charge is -1.90. The van der Waals surface area contributed by atoms with Crippen LogP contribution in [0.3, 0.4) is 0 Å². The molecular formula is C9H14N2O3. The minimum absolute atomic E-state index is 0.0276. The lowest BCUT2D eigenvalue weighted by Crippen LogP contribution is -2.00. The number of aromatic nitrogens is 2. The number of carbonyl (C=O) groups is 2. The molecule has 0 saturated carbocycles. The second-order valence-electron chi connectivity index (χ2n) is 2.43. The van der Waals surface area contributed by atoms with Gasteiger partial charge in [0.15, 0.2) is 5.78 Å². The summed E-state index contributed by atoms with van der Waals surface area (Å²) in [6, 6.07) is 0. The van der Waals surface area contributed by atoms with Crippen molar-refractivity contribution in [3.05, 3.63) is 17.0 Å². The summed E-state index contributed by atoms with van der Waals surface area (Å²) in [5.74, 6) is -1.34. The highest BCUT2D eigenvalue weighted by molar-refractivity contribution is 5.97. The third-order valence-electron chi connectivity index (χ3n) is 1.56. The molecule has 5 heteroatoms. The zero-order chi connectivity index (χ0) is 11.3. The maximum Gasteiger partial charge on any atom is 0.354 e. The number of carboxylic acids is 1. The largest absolute Gasteiger partial charge is 0.477 e. The monoisotopic (exact) mass is 198 g/mol. The van der Waals surface area contributed by atoms with Crippen LogP contribution in [0.5, 0.6) is 0 Å². The van der Waals surface area contributed by atoms with Crippen LogP contribution in [0.15, 0.2) is 0 Å². The molecule has 1 rings (SSSR count). The number of hydrogen-bond acceptors (Lipinski definition) is 3. The first-order chi connectivity index (χ1) is 6.54. The number of aromatic carboxylic acids is 1. The molecule has 0 amide bonds. The van der Waals surface area contributed by atoms with Gasteiger partial charge in [0.25, 0.3) is 0 Å². The van der Waals surface area contributed by atoms with Crippen LogP contribution in [0, 0.1) is 6.92 Å². The summed E-state index contributed by atoms with van der Waals surface area (Å²) in [5.41, 5.74) is 0.544. The van der Waals surface area contributed by atoms with E-state index in [4.69, 9.17) is 5.11 Å². The van der Waals surface area contributed by atoms with Gasteiger partial charge in [0.1, 0.15) is 11.4 Å². The molecule has 1 aromatic rings. The molecule has 78 valence electrons. The Morgan fingerprint density at radius 2 is 1.86 bits per heavy atom. The highest BCUT2D eigenvalue weighted by atomic mass is 16.4. The first kappa shape index (κ1) is 12.3. The van der Waals surface area contributed by atoms with E-state index in [2.05, 4.69) is 10.2 Å². The third-order valence-corrected chi connectivity index (χ3v) is 1.56. The van der Waals surface area contributed by atoms with Gasteiger partial charge in [-0.15, -0.1) is 0 Å². The molecule has 0 aliphatic carbocycles. The fraction of sp³-hybridized carbons (Fsp3) is 0.444. The van der Waals surface area contributed by atoms with Gasteiger partial charge in [0, 0.05) is 12.5 Å². The van der Waals surface area contributed by atoms with Gasteiger partial charge in [-0.05, 0) is 6.92 Å². The van der Waals surface area contributed by atoms with Crippen molar-refractivity contribution in [2.24, 2.45) is 0 Å². The van der Waals surface area contributed by atoms with E-state index in [-0.39, 0.29) is 17.2 Å². The average molecular weight is 198 g/mol. The molecule has 0 atom stereocenters. The number of ketones is 1. The van der Waals surface area contributed by atoms with Crippen molar-refractivity contribution in [3.8, 4) is 0 Å². The highest BCUT2D eigenvalue weighted by Gasteiger charge is 2.16. The number of Topliss-reactive ketones (excluding diaryl/α,β-unsaturated/α-hetero) is 1. The van der Waals surface area contributed by atoms with Gasteiger partial charge < -0.3 is 5.11 Å². The van der Waals surface area contributed by atoms with E-state index in [1.165, 1.54) is 6.92 Å². The van der Waals surface area contributed by atoms with E-state index in [1.54, 1.807) is 6.92 Å². The van der Waals surface area contributed by atoms with Crippen LogP contribution < -0.4 is 0 Å². The smallest absolute Gasteiger partial charge is 0.354 e. The Morgan fingerprint density at radius 1 is 1.36 bits per heavy atom. The van der Waals surface area contributed by atoms with E-state index in [9.17, 15) is 9.59 Å². The normalized spacial score (nSPS) is 8.86. The zero-order valence-corrected chi connectivity index (χ0v) is 8.71. The maximum atomic E-state index is 10.8. The summed E-state index contributed by atoms with van der Waals surface area (Å²) in [7, 11) is 0. The van der Waals surface area contributed by atoms with Crippen molar-refractivity contribution < 1.29 is 14.7 Å². The molecule has 5 nitrogen and oxygen atoms in total. The fourth-order valence-electron chi connectivity index (χ4n) is 0.949. The fourth-order valence-corrected chi connectivity index (χ4v) is 0.949. The second kappa shape index (κ2) is 5.16. The number of carboxylic acid groups (broad SMARTS) is 1. The van der Waals surface area contributed by atoms with Crippen LogP contribution >= 0.6 is 0 Å². The van der Waals surface area contributed by atoms with Crippen molar-refractivity contribution in [3.63, 3.8) is 0 Å². The zero-order valence-electron chi connectivity index (χ0n) is 8.71. The van der Waals surface area contributed by atoms with Crippen LogP contribution in [-0.2, 0) is 0 Å². The Morgan fingerprint density at radius 3 is 2.07 bits per heavy atom. The van der Waals surface area contributed by atoms with Crippen LogP contribution in [-0.4, -0.2) is 27.1 Å². The molecule has 0 spiro atoms. The van der Waals surface area contributed by atoms with Gasteiger partial charge in [-0.3, -0.25) is 9.89 Å².